The molecule has 0 aliphatic carbocycles. The Morgan fingerprint density at radius 2 is 1.93 bits per heavy atom. The van der Waals surface area contributed by atoms with Crippen LogP contribution in [0.15, 0.2) is 55.0 Å². The van der Waals surface area contributed by atoms with E-state index in [1.54, 1.807) is 18.3 Å². The first-order chi connectivity index (χ1) is 13.8. The molecule has 3 heterocycles. The van der Waals surface area contributed by atoms with Crippen molar-refractivity contribution in [3.05, 3.63) is 66.1 Å². The molecule has 1 aliphatic heterocycles. The van der Waals surface area contributed by atoms with Crippen molar-refractivity contribution < 1.29 is 4.79 Å². The van der Waals surface area contributed by atoms with Gasteiger partial charge in [-0.2, -0.15) is 10.1 Å². The first-order valence-corrected chi connectivity index (χ1v) is 9.42. The SMILES string of the molecule is O=C(Nc1ncn[nH]1)c1cccnc1NC1CCN(Cc2ccccc2)CC1. The van der Waals surface area contributed by atoms with Gasteiger partial charge in [-0.25, -0.2) is 10.1 Å². The number of nitrogens with zero attached hydrogens (tertiary/aromatic N) is 4. The molecule has 0 saturated carbocycles. The molecule has 0 unspecified atom stereocenters. The number of amides is 1. The van der Waals surface area contributed by atoms with Gasteiger partial charge in [0.2, 0.25) is 5.95 Å². The Hall–Kier alpha value is -3.26. The summed E-state index contributed by atoms with van der Waals surface area (Å²) in [5.74, 6) is 0.643. The summed E-state index contributed by atoms with van der Waals surface area (Å²) in [6.45, 7) is 3.00. The van der Waals surface area contributed by atoms with E-state index in [0.717, 1.165) is 32.5 Å². The highest BCUT2D eigenvalue weighted by Gasteiger charge is 2.22. The van der Waals surface area contributed by atoms with Crippen LogP contribution in [-0.4, -0.2) is 50.1 Å². The molecule has 0 atom stereocenters. The summed E-state index contributed by atoms with van der Waals surface area (Å²) in [7, 11) is 0. The van der Waals surface area contributed by atoms with Crippen LogP contribution in [0.2, 0.25) is 0 Å². The lowest BCUT2D eigenvalue weighted by atomic mass is 10.0. The van der Waals surface area contributed by atoms with Crippen LogP contribution in [-0.2, 0) is 6.54 Å². The van der Waals surface area contributed by atoms with Gasteiger partial charge in [-0.3, -0.25) is 15.0 Å². The van der Waals surface area contributed by atoms with Gasteiger partial charge in [0.15, 0.2) is 0 Å². The highest BCUT2D eigenvalue weighted by molar-refractivity contribution is 6.06. The lowest BCUT2D eigenvalue weighted by Crippen LogP contribution is -2.39. The molecule has 8 heteroatoms. The van der Waals surface area contributed by atoms with Gasteiger partial charge >= 0.3 is 0 Å². The highest BCUT2D eigenvalue weighted by Crippen LogP contribution is 2.20. The molecule has 144 valence electrons. The molecule has 0 spiro atoms. The Kier molecular flexibility index (Phi) is 5.58. The maximum Gasteiger partial charge on any atom is 0.261 e. The minimum absolute atomic E-state index is 0.270. The van der Waals surface area contributed by atoms with E-state index in [9.17, 15) is 4.79 Å². The van der Waals surface area contributed by atoms with Crippen molar-refractivity contribution in [2.45, 2.75) is 25.4 Å². The molecule has 8 nitrogen and oxygen atoms in total. The molecule has 2 aromatic heterocycles. The Bertz CT molecular complexity index is 890. The molecule has 28 heavy (non-hydrogen) atoms. The molecule has 1 aliphatic rings. The van der Waals surface area contributed by atoms with Crippen molar-refractivity contribution in [3.8, 4) is 0 Å². The zero-order valence-corrected chi connectivity index (χ0v) is 15.5. The van der Waals surface area contributed by atoms with Crippen molar-refractivity contribution in [1.29, 1.82) is 0 Å². The van der Waals surface area contributed by atoms with Crippen molar-refractivity contribution >= 4 is 17.7 Å². The fourth-order valence-electron chi connectivity index (χ4n) is 3.41. The van der Waals surface area contributed by atoms with Crippen LogP contribution in [0.1, 0.15) is 28.8 Å². The predicted molar refractivity (Wildman–Crippen MR) is 107 cm³/mol. The minimum Gasteiger partial charge on any atom is -0.367 e. The lowest BCUT2D eigenvalue weighted by Gasteiger charge is -2.32. The number of pyridine rings is 1. The smallest absolute Gasteiger partial charge is 0.261 e. The molecule has 1 aromatic carbocycles. The van der Waals surface area contributed by atoms with E-state index >= 15 is 0 Å². The molecule has 3 aromatic rings. The number of carbonyl (C=O) groups excluding carboxylic acids is 1. The summed E-state index contributed by atoms with van der Waals surface area (Å²) in [5, 5.41) is 12.5. The largest absolute Gasteiger partial charge is 0.367 e. The van der Waals surface area contributed by atoms with E-state index in [0.29, 0.717) is 23.4 Å². The summed E-state index contributed by atoms with van der Waals surface area (Å²) in [6.07, 6.45) is 5.05. The van der Waals surface area contributed by atoms with Crippen LogP contribution < -0.4 is 10.6 Å². The second-order valence-electron chi connectivity index (χ2n) is 6.87. The van der Waals surface area contributed by atoms with E-state index in [-0.39, 0.29) is 5.91 Å². The van der Waals surface area contributed by atoms with Gasteiger partial charge in [0.1, 0.15) is 12.1 Å². The number of carbonyl (C=O) groups is 1. The molecule has 1 fully saturated rings. The number of anilines is 2. The van der Waals surface area contributed by atoms with Gasteiger partial charge in [0.05, 0.1) is 5.56 Å². The normalized spacial score (nSPS) is 15.3. The monoisotopic (exact) mass is 377 g/mol. The van der Waals surface area contributed by atoms with Crippen LogP contribution in [0, 0.1) is 0 Å². The quantitative estimate of drug-likeness (QED) is 0.611. The molecular formula is C20H23N7O. The third kappa shape index (κ3) is 4.52. The molecular weight excluding hydrogens is 354 g/mol. The fourth-order valence-corrected chi connectivity index (χ4v) is 3.41. The van der Waals surface area contributed by atoms with Crippen molar-refractivity contribution in [2.24, 2.45) is 0 Å². The number of piperidine rings is 1. The van der Waals surface area contributed by atoms with Crippen LogP contribution in [0.4, 0.5) is 11.8 Å². The summed E-state index contributed by atoms with van der Waals surface area (Å²) in [5.41, 5.74) is 1.83. The number of likely N-dealkylation sites (tertiary alicyclic amines) is 1. The number of nitrogens with one attached hydrogen (secondary N) is 3. The maximum absolute atomic E-state index is 12.5. The van der Waals surface area contributed by atoms with E-state index in [1.165, 1.54) is 11.9 Å². The van der Waals surface area contributed by atoms with Crippen LogP contribution >= 0.6 is 0 Å². The number of hydrogen-bond acceptors (Lipinski definition) is 6. The molecule has 3 N–H and O–H groups in total. The molecule has 4 rings (SSSR count). The number of benzene rings is 1. The van der Waals surface area contributed by atoms with Gasteiger partial charge in [0, 0.05) is 31.9 Å². The second-order valence-corrected chi connectivity index (χ2v) is 6.87. The molecule has 1 saturated heterocycles. The van der Waals surface area contributed by atoms with E-state index < -0.39 is 0 Å². The van der Waals surface area contributed by atoms with Crippen LogP contribution in [0.5, 0.6) is 0 Å². The van der Waals surface area contributed by atoms with E-state index in [1.807, 2.05) is 6.07 Å². The van der Waals surface area contributed by atoms with Crippen LogP contribution in [0.3, 0.4) is 0 Å². The van der Waals surface area contributed by atoms with Gasteiger partial charge in [-0.15, -0.1) is 0 Å². The third-order valence-corrected chi connectivity index (χ3v) is 4.88. The zero-order valence-electron chi connectivity index (χ0n) is 15.5. The van der Waals surface area contributed by atoms with E-state index in [2.05, 4.69) is 60.0 Å². The topological polar surface area (TPSA) is 98.8 Å². The predicted octanol–water partition coefficient (Wildman–Crippen LogP) is 2.53. The summed E-state index contributed by atoms with van der Waals surface area (Å²) in [4.78, 5) is 23.3. The minimum atomic E-state index is -0.270. The molecule has 1 amide bonds. The number of H-pyrrole nitrogens is 1. The Labute approximate surface area is 163 Å². The Balaban J connectivity index is 1.34. The van der Waals surface area contributed by atoms with E-state index in [4.69, 9.17) is 0 Å². The Morgan fingerprint density at radius 3 is 2.68 bits per heavy atom. The van der Waals surface area contributed by atoms with Crippen LogP contribution in [0.25, 0.3) is 0 Å². The maximum atomic E-state index is 12.5. The number of aromatic amines is 1. The number of aromatic nitrogens is 4. The van der Waals surface area contributed by atoms with Gasteiger partial charge in [-0.05, 0) is 30.5 Å². The standard InChI is InChI=1S/C20H23N7O/c28-19(25-20-22-14-23-26-20)17-7-4-10-21-18(17)24-16-8-11-27(12-9-16)13-15-5-2-1-3-6-15/h1-7,10,14,16H,8-9,11-13H2,(H,21,24)(H2,22,23,25,26,28). The third-order valence-electron chi connectivity index (χ3n) is 4.88. The first kappa shape index (κ1) is 18.1. The van der Waals surface area contributed by atoms with Crippen molar-refractivity contribution in [1.82, 2.24) is 25.1 Å². The van der Waals surface area contributed by atoms with Gasteiger partial charge in [-0.1, -0.05) is 30.3 Å². The number of hydrogen-bond donors (Lipinski definition) is 3. The summed E-state index contributed by atoms with van der Waals surface area (Å²) < 4.78 is 0. The van der Waals surface area contributed by atoms with Crippen molar-refractivity contribution in [3.63, 3.8) is 0 Å². The lowest BCUT2D eigenvalue weighted by molar-refractivity contribution is 0.102. The Morgan fingerprint density at radius 1 is 1.11 bits per heavy atom. The zero-order chi connectivity index (χ0) is 19.2. The molecule has 0 radical (unpaired) electrons. The average molecular weight is 377 g/mol. The molecule has 0 bridgehead atoms. The number of rotatable bonds is 6. The average Bonchev–Trinajstić information content (AvgIpc) is 3.24. The first-order valence-electron chi connectivity index (χ1n) is 9.42. The van der Waals surface area contributed by atoms with Crippen molar-refractivity contribution in [2.75, 3.05) is 23.7 Å². The summed E-state index contributed by atoms with van der Waals surface area (Å²) in [6, 6.07) is 14.3. The second kappa shape index (κ2) is 8.62. The summed E-state index contributed by atoms with van der Waals surface area (Å²) >= 11 is 0. The highest BCUT2D eigenvalue weighted by atomic mass is 16.1. The van der Waals surface area contributed by atoms with Gasteiger partial charge < -0.3 is 5.32 Å². The van der Waals surface area contributed by atoms with Gasteiger partial charge in [0.25, 0.3) is 5.91 Å². The fraction of sp³-hybridized carbons (Fsp3) is 0.300.